The molecule has 7 nitrogen and oxygen atoms in total. The van der Waals surface area contributed by atoms with Gasteiger partial charge < -0.3 is 15.6 Å². The number of rotatable bonds is 10. The van der Waals surface area contributed by atoms with Gasteiger partial charge in [-0.2, -0.15) is 0 Å². The van der Waals surface area contributed by atoms with Crippen LogP contribution in [0.3, 0.4) is 0 Å². The zero-order chi connectivity index (χ0) is 22.6. The first-order valence-electron chi connectivity index (χ1n) is 10.2. The molecule has 0 amide bonds. The third-order valence-corrected chi connectivity index (χ3v) is 5.00. The Kier molecular flexibility index (Phi) is 8.53. The van der Waals surface area contributed by atoms with Crippen LogP contribution in [0, 0.1) is 0 Å². The molecule has 0 saturated carbocycles. The Labute approximate surface area is 187 Å². The zero-order valence-corrected chi connectivity index (χ0v) is 17.6. The summed E-state index contributed by atoms with van der Waals surface area (Å²) in [5.74, 6) is 0. The van der Waals surface area contributed by atoms with E-state index in [-0.39, 0.29) is 19.6 Å². The van der Waals surface area contributed by atoms with Gasteiger partial charge in [-0.15, -0.1) is 0 Å². The van der Waals surface area contributed by atoms with Crippen LogP contribution in [0.15, 0.2) is 106 Å². The smallest absolute Gasteiger partial charge is 0.101 e. The van der Waals surface area contributed by atoms with E-state index < -0.39 is 0 Å². The van der Waals surface area contributed by atoms with Gasteiger partial charge in [0.1, 0.15) is 11.4 Å². The van der Waals surface area contributed by atoms with Gasteiger partial charge in [-0.3, -0.25) is 4.90 Å². The van der Waals surface area contributed by atoms with Crippen molar-refractivity contribution in [3.8, 4) is 0 Å². The fourth-order valence-electron chi connectivity index (χ4n) is 3.43. The van der Waals surface area contributed by atoms with Crippen LogP contribution in [0.4, 0.5) is 0 Å². The molecule has 0 aliphatic heterocycles. The van der Waals surface area contributed by atoms with E-state index in [1.807, 2.05) is 95.9 Å². The fraction of sp³-hybridized carbons (Fsp3) is 0.160. The minimum atomic E-state index is 0.250. The first-order chi connectivity index (χ1) is 15.7. The number of hydrogen-bond donors (Lipinski definition) is 3. The van der Waals surface area contributed by atoms with Gasteiger partial charge in [-0.25, -0.2) is 0 Å². The van der Waals surface area contributed by atoms with Crippen molar-refractivity contribution >= 4 is 17.1 Å². The van der Waals surface area contributed by atoms with Gasteiger partial charge in [0.25, 0.3) is 0 Å². The lowest BCUT2D eigenvalue weighted by molar-refractivity contribution is 0.301. The summed E-state index contributed by atoms with van der Waals surface area (Å²) in [6.45, 7) is 0.781. The van der Waals surface area contributed by atoms with Gasteiger partial charge in [0.05, 0.1) is 5.71 Å². The van der Waals surface area contributed by atoms with Crippen molar-refractivity contribution in [3.63, 3.8) is 0 Å². The van der Waals surface area contributed by atoms with Crippen LogP contribution in [0.1, 0.15) is 16.7 Å². The van der Waals surface area contributed by atoms with E-state index in [0.717, 1.165) is 16.7 Å². The van der Waals surface area contributed by atoms with E-state index >= 15 is 0 Å². The molecule has 0 aliphatic carbocycles. The average molecular weight is 431 g/mol. The maximum Gasteiger partial charge on any atom is 0.101 e. The summed E-state index contributed by atoms with van der Waals surface area (Å²) >= 11 is 0. The highest BCUT2D eigenvalue weighted by Gasteiger charge is 2.18. The molecule has 0 radical (unpaired) electrons. The second-order valence-electron chi connectivity index (χ2n) is 7.30. The third kappa shape index (κ3) is 6.52. The molecule has 0 heterocycles. The van der Waals surface area contributed by atoms with E-state index in [0.29, 0.717) is 23.6 Å². The highest BCUT2D eigenvalue weighted by Crippen LogP contribution is 2.09. The van der Waals surface area contributed by atoms with Gasteiger partial charge in [-0.05, 0) is 5.56 Å². The van der Waals surface area contributed by atoms with Gasteiger partial charge >= 0.3 is 0 Å². The van der Waals surface area contributed by atoms with Crippen molar-refractivity contribution in [1.29, 1.82) is 0 Å². The average Bonchev–Trinajstić information content (AvgIpc) is 2.86. The van der Waals surface area contributed by atoms with Crippen molar-refractivity contribution in [2.24, 2.45) is 15.5 Å². The number of oxime groups is 3. The summed E-state index contributed by atoms with van der Waals surface area (Å²) in [5.41, 5.74) is 3.99. The number of benzene rings is 3. The van der Waals surface area contributed by atoms with Crippen LogP contribution < -0.4 is 0 Å². The van der Waals surface area contributed by atoms with Crippen molar-refractivity contribution in [3.05, 3.63) is 108 Å². The fourth-order valence-corrected chi connectivity index (χ4v) is 3.43. The number of nitrogens with zero attached hydrogens (tertiary/aromatic N) is 4. The predicted molar refractivity (Wildman–Crippen MR) is 125 cm³/mol. The largest absolute Gasteiger partial charge is 0.411 e. The van der Waals surface area contributed by atoms with Crippen molar-refractivity contribution in [1.82, 2.24) is 4.90 Å². The van der Waals surface area contributed by atoms with Gasteiger partial charge in [0, 0.05) is 37.2 Å². The molecule has 0 saturated heterocycles. The molecule has 7 heteroatoms. The normalized spacial score (nSPS) is 12.8. The van der Waals surface area contributed by atoms with Gasteiger partial charge in [0.15, 0.2) is 0 Å². The standard InChI is InChI=1S/C25H26N4O3/c30-26-23(16-20-10-4-1-5-11-20)17-29(18-24(27-31)21-12-6-2-7-13-21)19-25(28-32)22-14-8-3-9-15-22/h1-15,30-32H,16-19H2/b26-23+,27-24-,28-25-. The van der Waals surface area contributed by atoms with E-state index in [2.05, 4.69) is 15.5 Å². The van der Waals surface area contributed by atoms with Crippen LogP contribution in [0.25, 0.3) is 0 Å². The third-order valence-electron chi connectivity index (χ3n) is 5.00. The van der Waals surface area contributed by atoms with Crippen LogP contribution in [-0.2, 0) is 6.42 Å². The summed E-state index contributed by atoms with van der Waals surface area (Å²) < 4.78 is 0. The molecule has 164 valence electrons. The lowest BCUT2D eigenvalue weighted by Gasteiger charge is -2.23. The molecule has 0 aliphatic rings. The molecule has 0 unspecified atom stereocenters. The Bertz CT molecular complexity index is 995. The first kappa shape index (κ1) is 22.7. The van der Waals surface area contributed by atoms with Crippen molar-refractivity contribution in [2.75, 3.05) is 19.6 Å². The zero-order valence-electron chi connectivity index (χ0n) is 17.6. The maximum atomic E-state index is 9.67. The lowest BCUT2D eigenvalue weighted by Crippen LogP contribution is -2.39. The Balaban J connectivity index is 1.84. The molecular weight excluding hydrogens is 404 g/mol. The highest BCUT2D eigenvalue weighted by atomic mass is 16.4. The second kappa shape index (κ2) is 12.0. The molecule has 0 spiro atoms. The minimum Gasteiger partial charge on any atom is -0.411 e. The van der Waals surface area contributed by atoms with E-state index in [1.54, 1.807) is 0 Å². The topological polar surface area (TPSA) is 101 Å². The van der Waals surface area contributed by atoms with Crippen molar-refractivity contribution in [2.45, 2.75) is 6.42 Å². The molecule has 0 fully saturated rings. The van der Waals surface area contributed by atoms with Gasteiger partial charge in [-0.1, -0.05) is 106 Å². The predicted octanol–water partition coefficient (Wildman–Crippen LogP) is 4.12. The summed E-state index contributed by atoms with van der Waals surface area (Å²) in [6, 6.07) is 28.4. The molecule has 3 N–H and O–H groups in total. The molecular formula is C25H26N4O3. The molecule has 3 rings (SSSR count). The van der Waals surface area contributed by atoms with E-state index in [9.17, 15) is 15.6 Å². The Hall–Kier alpha value is -3.97. The first-order valence-corrected chi connectivity index (χ1v) is 10.2. The lowest BCUT2D eigenvalue weighted by atomic mass is 10.1. The van der Waals surface area contributed by atoms with Crippen LogP contribution in [-0.4, -0.2) is 57.3 Å². The van der Waals surface area contributed by atoms with Crippen molar-refractivity contribution < 1.29 is 15.6 Å². The molecule has 0 bridgehead atoms. The monoisotopic (exact) mass is 430 g/mol. The van der Waals surface area contributed by atoms with Crippen LogP contribution in [0.2, 0.25) is 0 Å². The summed E-state index contributed by atoms with van der Waals surface area (Å²) in [6.07, 6.45) is 0.460. The summed E-state index contributed by atoms with van der Waals surface area (Å²) in [5, 5.41) is 39.5. The summed E-state index contributed by atoms with van der Waals surface area (Å²) in [7, 11) is 0. The van der Waals surface area contributed by atoms with Crippen LogP contribution in [0.5, 0.6) is 0 Å². The molecule has 3 aromatic carbocycles. The Morgan fingerprint density at radius 2 is 1.00 bits per heavy atom. The Morgan fingerprint density at radius 1 is 0.562 bits per heavy atom. The second-order valence-corrected chi connectivity index (χ2v) is 7.30. The van der Waals surface area contributed by atoms with Crippen LogP contribution >= 0.6 is 0 Å². The molecule has 0 atom stereocenters. The highest BCUT2D eigenvalue weighted by molar-refractivity contribution is 6.04. The SMILES string of the molecule is O/N=C(\Cc1ccccc1)CN(C/C(=N/O)c1ccccc1)C/C(=N/O)c1ccccc1. The molecule has 0 aromatic heterocycles. The maximum absolute atomic E-state index is 9.67. The summed E-state index contributed by atoms with van der Waals surface area (Å²) in [4.78, 5) is 1.90. The van der Waals surface area contributed by atoms with Gasteiger partial charge in [0.2, 0.25) is 0 Å². The minimum absolute atomic E-state index is 0.250. The number of hydrogen-bond acceptors (Lipinski definition) is 7. The molecule has 32 heavy (non-hydrogen) atoms. The molecule has 3 aromatic rings. The van der Waals surface area contributed by atoms with E-state index in [4.69, 9.17) is 0 Å². The van der Waals surface area contributed by atoms with E-state index in [1.165, 1.54) is 0 Å². The quantitative estimate of drug-likeness (QED) is 0.256. The Morgan fingerprint density at radius 3 is 1.41 bits per heavy atom.